The third-order valence-electron chi connectivity index (χ3n) is 2.31. The van der Waals surface area contributed by atoms with Crippen LogP contribution in [0.25, 0.3) is 0 Å². The molecule has 0 heterocycles. The van der Waals surface area contributed by atoms with Crippen molar-refractivity contribution in [2.24, 2.45) is 5.73 Å². The van der Waals surface area contributed by atoms with Crippen molar-refractivity contribution in [3.8, 4) is 0 Å². The molecule has 5 heteroatoms. The standard InChI is InChI=1S/C11H15ClFNOS/c1-8(4-5-14)16(15)7-9-2-3-10(12)11(13)6-9/h2-3,6,8H,4-5,7,14H2,1H3. The topological polar surface area (TPSA) is 43.1 Å². The van der Waals surface area contributed by atoms with Crippen LogP contribution >= 0.6 is 11.6 Å². The van der Waals surface area contributed by atoms with Gasteiger partial charge in [0, 0.05) is 21.8 Å². The smallest absolute Gasteiger partial charge is 0.142 e. The van der Waals surface area contributed by atoms with Crippen molar-refractivity contribution in [2.45, 2.75) is 24.3 Å². The number of hydrogen-bond acceptors (Lipinski definition) is 2. The van der Waals surface area contributed by atoms with Gasteiger partial charge in [0.25, 0.3) is 0 Å². The van der Waals surface area contributed by atoms with Gasteiger partial charge in [0.15, 0.2) is 0 Å². The quantitative estimate of drug-likeness (QED) is 0.887. The van der Waals surface area contributed by atoms with Gasteiger partial charge in [0.2, 0.25) is 0 Å². The molecule has 0 bridgehead atoms. The van der Waals surface area contributed by atoms with Crippen molar-refractivity contribution in [3.05, 3.63) is 34.6 Å². The highest BCUT2D eigenvalue weighted by atomic mass is 35.5. The van der Waals surface area contributed by atoms with Gasteiger partial charge in [-0.3, -0.25) is 4.21 Å². The number of nitrogens with two attached hydrogens (primary N) is 1. The van der Waals surface area contributed by atoms with Crippen LogP contribution in [0.5, 0.6) is 0 Å². The van der Waals surface area contributed by atoms with E-state index in [2.05, 4.69) is 0 Å². The SMILES string of the molecule is CC(CCN)S(=O)Cc1ccc(Cl)c(F)c1. The van der Waals surface area contributed by atoms with Crippen molar-refractivity contribution in [3.63, 3.8) is 0 Å². The lowest BCUT2D eigenvalue weighted by molar-refractivity contribution is 0.626. The summed E-state index contributed by atoms with van der Waals surface area (Å²) in [5, 5.41) is 0.119. The summed E-state index contributed by atoms with van der Waals surface area (Å²) >= 11 is 5.56. The van der Waals surface area contributed by atoms with Gasteiger partial charge in [-0.25, -0.2) is 4.39 Å². The van der Waals surface area contributed by atoms with Gasteiger partial charge in [-0.05, 0) is 30.7 Å². The normalized spacial score (nSPS) is 14.8. The second-order valence-electron chi connectivity index (χ2n) is 3.66. The van der Waals surface area contributed by atoms with Gasteiger partial charge in [0.05, 0.1) is 5.02 Å². The zero-order valence-corrected chi connectivity index (χ0v) is 10.7. The highest BCUT2D eigenvalue weighted by molar-refractivity contribution is 7.84. The second kappa shape index (κ2) is 6.33. The summed E-state index contributed by atoms with van der Waals surface area (Å²) in [5.41, 5.74) is 6.09. The Morgan fingerprint density at radius 2 is 2.25 bits per heavy atom. The van der Waals surface area contributed by atoms with Crippen LogP contribution in [0.2, 0.25) is 5.02 Å². The fraction of sp³-hybridized carbons (Fsp3) is 0.455. The molecule has 0 amide bonds. The van der Waals surface area contributed by atoms with Crippen LogP contribution in [0, 0.1) is 5.82 Å². The molecule has 1 rings (SSSR count). The minimum absolute atomic E-state index is 0.0312. The van der Waals surface area contributed by atoms with E-state index in [9.17, 15) is 8.60 Å². The number of rotatable bonds is 5. The molecule has 1 aromatic carbocycles. The van der Waals surface area contributed by atoms with E-state index < -0.39 is 16.6 Å². The van der Waals surface area contributed by atoms with E-state index >= 15 is 0 Å². The molecule has 2 unspecified atom stereocenters. The lowest BCUT2D eigenvalue weighted by Gasteiger charge is -2.10. The predicted molar refractivity (Wildman–Crippen MR) is 66.4 cm³/mol. The van der Waals surface area contributed by atoms with E-state index in [1.807, 2.05) is 6.92 Å². The summed E-state index contributed by atoms with van der Waals surface area (Å²) < 4.78 is 24.9. The minimum Gasteiger partial charge on any atom is -0.330 e. The molecule has 0 aliphatic heterocycles. The summed E-state index contributed by atoms with van der Waals surface area (Å²) in [4.78, 5) is 0. The molecule has 0 fully saturated rings. The lowest BCUT2D eigenvalue weighted by atomic mass is 10.2. The monoisotopic (exact) mass is 263 g/mol. The molecule has 0 aromatic heterocycles. The molecule has 0 saturated carbocycles. The first-order valence-corrected chi connectivity index (χ1v) is 6.81. The van der Waals surface area contributed by atoms with E-state index in [1.54, 1.807) is 6.07 Å². The summed E-state index contributed by atoms with van der Waals surface area (Å²) in [7, 11) is -1.02. The summed E-state index contributed by atoms with van der Waals surface area (Å²) in [5.74, 6) is -0.127. The third kappa shape index (κ3) is 3.85. The maximum absolute atomic E-state index is 13.1. The Morgan fingerprint density at radius 1 is 1.56 bits per heavy atom. The van der Waals surface area contributed by atoms with E-state index in [-0.39, 0.29) is 10.3 Å². The molecule has 0 saturated heterocycles. The van der Waals surface area contributed by atoms with Crippen molar-refractivity contribution >= 4 is 22.4 Å². The molecular weight excluding hydrogens is 249 g/mol. The van der Waals surface area contributed by atoms with E-state index in [4.69, 9.17) is 17.3 Å². The first kappa shape index (κ1) is 13.6. The van der Waals surface area contributed by atoms with Gasteiger partial charge in [-0.2, -0.15) is 0 Å². The van der Waals surface area contributed by atoms with Crippen molar-refractivity contribution < 1.29 is 8.60 Å². The Labute approximate surface area is 102 Å². The Morgan fingerprint density at radius 3 is 2.81 bits per heavy atom. The number of benzene rings is 1. The second-order valence-corrected chi connectivity index (χ2v) is 5.92. The van der Waals surface area contributed by atoms with Crippen LogP contribution in [0.15, 0.2) is 18.2 Å². The number of hydrogen-bond donors (Lipinski definition) is 1. The predicted octanol–water partition coefficient (Wildman–Crippen LogP) is 2.47. The van der Waals surface area contributed by atoms with Crippen molar-refractivity contribution in [2.75, 3.05) is 6.54 Å². The van der Waals surface area contributed by atoms with Crippen LogP contribution in [-0.4, -0.2) is 16.0 Å². The van der Waals surface area contributed by atoms with Crippen LogP contribution < -0.4 is 5.73 Å². The molecule has 2 nitrogen and oxygen atoms in total. The van der Waals surface area contributed by atoms with Gasteiger partial charge >= 0.3 is 0 Å². The highest BCUT2D eigenvalue weighted by Gasteiger charge is 2.11. The number of halogens is 2. The first-order valence-electron chi connectivity index (χ1n) is 5.05. The molecule has 0 radical (unpaired) electrons. The Kier molecular flexibility index (Phi) is 5.38. The largest absolute Gasteiger partial charge is 0.330 e. The van der Waals surface area contributed by atoms with Crippen molar-refractivity contribution in [1.82, 2.24) is 0 Å². The highest BCUT2D eigenvalue weighted by Crippen LogP contribution is 2.17. The molecule has 2 N–H and O–H groups in total. The lowest BCUT2D eigenvalue weighted by Crippen LogP contribution is -2.17. The molecule has 1 aromatic rings. The Bertz CT molecular complexity index is 386. The van der Waals surface area contributed by atoms with Gasteiger partial charge in [0.1, 0.15) is 5.82 Å². The van der Waals surface area contributed by atoms with Gasteiger partial charge in [-0.15, -0.1) is 0 Å². The molecular formula is C11H15ClFNOS. The van der Waals surface area contributed by atoms with Gasteiger partial charge < -0.3 is 5.73 Å². The Hall–Kier alpha value is -0.450. The maximum atomic E-state index is 13.1. The van der Waals surface area contributed by atoms with E-state index in [0.717, 1.165) is 0 Å². The van der Waals surface area contributed by atoms with E-state index in [0.29, 0.717) is 24.3 Å². The molecule has 0 aliphatic rings. The third-order valence-corrected chi connectivity index (χ3v) is 4.37. The van der Waals surface area contributed by atoms with Gasteiger partial charge in [-0.1, -0.05) is 24.6 Å². The Balaban J connectivity index is 2.66. The summed E-state index contributed by atoms with van der Waals surface area (Å²) in [6, 6.07) is 4.50. The summed E-state index contributed by atoms with van der Waals surface area (Å²) in [6.45, 7) is 2.40. The molecule has 0 spiro atoms. The van der Waals surface area contributed by atoms with Crippen LogP contribution in [0.3, 0.4) is 0 Å². The molecule has 2 atom stereocenters. The van der Waals surface area contributed by atoms with E-state index in [1.165, 1.54) is 12.1 Å². The molecule has 0 aliphatic carbocycles. The summed E-state index contributed by atoms with van der Waals surface area (Å²) in [6.07, 6.45) is 0.711. The van der Waals surface area contributed by atoms with Crippen LogP contribution in [0.4, 0.5) is 4.39 Å². The van der Waals surface area contributed by atoms with Crippen LogP contribution in [-0.2, 0) is 16.6 Å². The minimum atomic E-state index is -1.02. The maximum Gasteiger partial charge on any atom is 0.142 e. The van der Waals surface area contributed by atoms with Crippen LogP contribution in [0.1, 0.15) is 18.9 Å². The fourth-order valence-corrected chi connectivity index (χ4v) is 2.61. The molecule has 16 heavy (non-hydrogen) atoms. The molecule has 90 valence electrons. The fourth-order valence-electron chi connectivity index (χ4n) is 1.30. The average Bonchev–Trinajstić information content (AvgIpc) is 2.24. The average molecular weight is 264 g/mol. The zero-order chi connectivity index (χ0) is 12.1. The first-order chi connectivity index (χ1) is 7.54. The zero-order valence-electron chi connectivity index (χ0n) is 9.08. The van der Waals surface area contributed by atoms with Crippen molar-refractivity contribution in [1.29, 1.82) is 0 Å².